The summed E-state index contributed by atoms with van der Waals surface area (Å²) >= 11 is 0. The number of aryl methyl sites for hydroxylation is 1. The monoisotopic (exact) mass is 392 g/mol. The maximum absolute atomic E-state index is 12.8. The number of carbonyl (C=O) groups excluding carboxylic acids is 2. The molecule has 0 spiro atoms. The molecule has 2 amide bonds. The lowest BCUT2D eigenvalue weighted by atomic mass is 10.1. The molecule has 6 nitrogen and oxygen atoms in total. The van der Waals surface area contributed by atoms with E-state index < -0.39 is 0 Å². The zero-order valence-electron chi connectivity index (χ0n) is 17.4. The minimum Gasteiger partial charge on any atom is -0.346 e. The predicted octanol–water partition coefficient (Wildman–Crippen LogP) is 4.07. The van der Waals surface area contributed by atoms with Crippen LogP contribution < -0.4 is 10.6 Å². The Morgan fingerprint density at radius 1 is 1.03 bits per heavy atom. The number of amides is 2. The summed E-state index contributed by atoms with van der Waals surface area (Å²) in [5, 5.41) is 6.00. The molecule has 0 aliphatic rings. The lowest BCUT2D eigenvalue weighted by molar-refractivity contribution is -0.124. The molecule has 0 aliphatic heterocycles. The van der Waals surface area contributed by atoms with Gasteiger partial charge in [-0.05, 0) is 37.1 Å². The average Bonchev–Trinajstić information content (AvgIpc) is 3.06. The van der Waals surface area contributed by atoms with Gasteiger partial charge in [-0.1, -0.05) is 51.1 Å². The molecule has 0 aliphatic carbocycles. The number of benzene rings is 2. The number of rotatable bonds is 7. The predicted molar refractivity (Wildman–Crippen MR) is 116 cm³/mol. The first-order valence-electron chi connectivity index (χ1n) is 10.0. The van der Waals surface area contributed by atoms with Crippen LogP contribution in [0.4, 0.5) is 5.69 Å². The number of anilines is 1. The normalized spacial score (nSPS) is 12.2. The van der Waals surface area contributed by atoms with Crippen LogP contribution in [0, 0.1) is 5.92 Å². The van der Waals surface area contributed by atoms with E-state index in [4.69, 9.17) is 0 Å². The summed E-state index contributed by atoms with van der Waals surface area (Å²) in [5.41, 5.74) is 3.59. The molecule has 3 rings (SSSR count). The highest BCUT2D eigenvalue weighted by molar-refractivity contribution is 5.92. The first kappa shape index (κ1) is 20.6. The van der Waals surface area contributed by atoms with E-state index >= 15 is 0 Å². The molecule has 0 radical (unpaired) electrons. The molecule has 29 heavy (non-hydrogen) atoms. The molecule has 0 fully saturated rings. The first-order valence-corrected chi connectivity index (χ1v) is 10.0. The minimum absolute atomic E-state index is 0.0440. The average molecular weight is 393 g/mol. The minimum atomic E-state index is -0.312. The van der Waals surface area contributed by atoms with E-state index in [1.165, 1.54) is 0 Å². The number of hydrogen-bond donors (Lipinski definition) is 2. The number of aromatic nitrogens is 2. The number of fused-ring (bicyclic) bond motifs is 1. The third-order valence-electron chi connectivity index (χ3n) is 4.93. The van der Waals surface area contributed by atoms with Gasteiger partial charge in [0.05, 0.1) is 17.1 Å². The Balaban J connectivity index is 1.89. The SMILES string of the molecule is CCc1ccccc1NC(=O)Cn1c(C(C)NC(=O)C(C)C)nc2ccccc21. The third kappa shape index (κ3) is 4.65. The van der Waals surface area contributed by atoms with Crippen LogP contribution in [0.5, 0.6) is 0 Å². The van der Waals surface area contributed by atoms with Crippen LogP contribution in [0.2, 0.25) is 0 Å². The van der Waals surface area contributed by atoms with Gasteiger partial charge in [-0.2, -0.15) is 0 Å². The van der Waals surface area contributed by atoms with Gasteiger partial charge in [0.25, 0.3) is 0 Å². The van der Waals surface area contributed by atoms with Crippen molar-refractivity contribution in [2.24, 2.45) is 5.92 Å². The molecule has 3 aromatic rings. The van der Waals surface area contributed by atoms with Crippen LogP contribution in [0.15, 0.2) is 48.5 Å². The molecular formula is C23H28N4O2. The van der Waals surface area contributed by atoms with Crippen molar-refractivity contribution in [3.63, 3.8) is 0 Å². The Kier molecular flexibility index (Phi) is 6.32. The quantitative estimate of drug-likeness (QED) is 0.636. The summed E-state index contributed by atoms with van der Waals surface area (Å²) in [6.45, 7) is 7.77. The van der Waals surface area contributed by atoms with Gasteiger partial charge in [0.15, 0.2) is 0 Å². The number of hydrogen-bond acceptors (Lipinski definition) is 3. The van der Waals surface area contributed by atoms with Gasteiger partial charge in [-0.25, -0.2) is 4.98 Å². The zero-order chi connectivity index (χ0) is 21.0. The second-order valence-electron chi connectivity index (χ2n) is 7.49. The first-order chi connectivity index (χ1) is 13.9. The van der Waals surface area contributed by atoms with Crippen molar-refractivity contribution in [3.8, 4) is 0 Å². The van der Waals surface area contributed by atoms with Gasteiger partial charge in [-0.15, -0.1) is 0 Å². The molecule has 152 valence electrons. The van der Waals surface area contributed by atoms with Crippen molar-refractivity contribution < 1.29 is 9.59 Å². The molecular weight excluding hydrogens is 364 g/mol. The van der Waals surface area contributed by atoms with Crippen LogP contribution in [0.25, 0.3) is 11.0 Å². The largest absolute Gasteiger partial charge is 0.346 e. The van der Waals surface area contributed by atoms with E-state index in [0.29, 0.717) is 5.82 Å². The number of nitrogens with one attached hydrogen (secondary N) is 2. The van der Waals surface area contributed by atoms with E-state index in [1.807, 2.05) is 73.9 Å². The molecule has 6 heteroatoms. The molecule has 1 aromatic heterocycles. The lowest BCUT2D eigenvalue weighted by Gasteiger charge is -2.18. The Morgan fingerprint density at radius 2 is 1.72 bits per heavy atom. The van der Waals surface area contributed by atoms with Gasteiger partial charge in [-0.3, -0.25) is 9.59 Å². The molecule has 2 aromatic carbocycles. The highest BCUT2D eigenvalue weighted by Gasteiger charge is 2.21. The van der Waals surface area contributed by atoms with Crippen molar-refractivity contribution >= 4 is 28.5 Å². The zero-order valence-corrected chi connectivity index (χ0v) is 17.4. The van der Waals surface area contributed by atoms with Gasteiger partial charge < -0.3 is 15.2 Å². The fourth-order valence-corrected chi connectivity index (χ4v) is 3.32. The Bertz CT molecular complexity index is 1020. The summed E-state index contributed by atoms with van der Waals surface area (Å²) < 4.78 is 1.88. The Morgan fingerprint density at radius 3 is 2.45 bits per heavy atom. The highest BCUT2D eigenvalue weighted by atomic mass is 16.2. The van der Waals surface area contributed by atoms with Crippen LogP contribution in [-0.4, -0.2) is 21.4 Å². The van der Waals surface area contributed by atoms with Gasteiger partial charge in [0.1, 0.15) is 12.4 Å². The van der Waals surface area contributed by atoms with Crippen molar-refractivity contribution in [2.45, 2.75) is 46.7 Å². The molecule has 1 unspecified atom stereocenters. The highest BCUT2D eigenvalue weighted by Crippen LogP contribution is 2.22. The second-order valence-corrected chi connectivity index (χ2v) is 7.49. The maximum atomic E-state index is 12.8. The van der Waals surface area contributed by atoms with E-state index in [2.05, 4.69) is 22.5 Å². The van der Waals surface area contributed by atoms with Crippen LogP contribution in [0.3, 0.4) is 0 Å². The molecule has 1 heterocycles. The maximum Gasteiger partial charge on any atom is 0.244 e. The Labute approximate surface area is 171 Å². The Hall–Kier alpha value is -3.15. The van der Waals surface area contributed by atoms with Gasteiger partial charge in [0.2, 0.25) is 11.8 Å². The van der Waals surface area contributed by atoms with Crippen LogP contribution in [-0.2, 0) is 22.6 Å². The van der Waals surface area contributed by atoms with Crippen LogP contribution >= 0.6 is 0 Å². The molecule has 1 atom stereocenters. The summed E-state index contributed by atoms with van der Waals surface area (Å²) in [6, 6.07) is 15.2. The summed E-state index contributed by atoms with van der Waals surface area (Å²) in [4.78, 5) is 29.7. The fraction of sp³-hybridized carbons (Fsp3) is 0.348. The van der Waals surface area contributed by atoms with E-state index in [-0.39, 0.29) is 30.3 Å². The number of nitrogens with zero attached hydrogens (tertiary/aromatic N) is 2. The van der Waals surface area contributed by atoms with E-state index in [9.17, 15) is 9.59 Å². The lowest BCUT2D eigenvalue weighted by Crippen LogP contribution is -2.32. The number of imidazole rings is 1. The fourth-order valence-electron chi connectivity index (χ4n) is 3.32. The summed E-state index contributed by atoms with van der Waals surface area (Å²) in [7, 11) is 0. The molecule has 2 N–H and O–H groups in total. The van der Waals surface area contributed by atoms with Crippen molar-refractivity contribution in [1.82, 2.24) is 14.9 Å². The molecule has 0 saturated heterocycles. The van der Waals surface area contributed by atoms with Crippen molar-refractivity contribution in [3.05, 3.63) is 59.9 Å². The van der Waals surface area contributed by atoms with Crippen molar-refractivity contribution in [1.29, 1.82) is 0 Å². The van der Waals surface area contributed by atoms with E-state index in [0.717, 1.165) is 28.7 Å². The van der Waals surface area contributed by atoms with Gasteiger partial charge in [0, 0.05) is 11.6 Å². The second kappa shape index (κ2) is 8.90. The smallest absolute Gasteiger partial charge is 0.244 e. The summed E-state index contributed by atoms with van der Waals surface area (Å²) in [6.07, 6.45) is 0.841. The summed E-state index contributed by atoms with van der Waals surface area (Å²) in [5.74, 6) is 0.373. The topological polar surface area (TPSA) is 76.0 Å². The molecule has 0 bridgehead atoms. The number of carbonyl (C=O) groups is 2. The molecule has 0 saturated carbocycles. The van der Waals surface area contributed by atoms with Gasteiger partial charge >= 0.3 is 0 Å². The third-order valence-corrected chi connectivity index (χ3v) is 4.93. The van der Waals surface area contributed by atoms with Crippen molar-refractivity contribution in [2.75, 3.05) is 5.32 Å². The van der Waals surface area contributed by atoms with Crippen LogP contribution in [0.1, 0.15) is 45.1 Å². The van der Waals surface area contributed by atoms with E-state index in [1.54, 1.807) is 0 Å². The number of para-hydroxylation sites is 3. The standard InChI is InChI=1S/C23H28N4O2/c1-5-17-10-6-7-11-18(17)25-21(28)14-27-20-13-9-8-12-19(20)26-22(27)16(4)24-23(29)15(2)3/h6-13,15-16H,5,14H2,1-4H3,(H,24,29)(H,25,28).